The first kappa shape index (κ1) is 10.1. The number of aryl methyl sites for hydroxylation is 2. The molecule has 0 unspecified atom stereocenters. The van der Waals surface area contributed by atoms with E-state index in [0.29, 0.717) is 0 Å². The van der Waals surface area contributed by atoms with Crippen molar-refractivity contribution >= 4 is 10.9 Å². The lowest BCUT2D eigenvalue weighted by Gasteiger charge is -2.09. The Morgan fingerprint density at radius 2 is 1.93 bits per heavy atom. The maximum Gasteiger partial charge on any atom is 0.123 e. The van der Waals surface area contributed by atoms with Crippen LogP contribution in [-0.2, 0) is 6.42 Å². The summed E-state index contributed by atoms with van der Waals surface area (Å²) in [5.74, 6) is -0.198. The van der Waals surface area contributed by atoms with Crippen LogP contribution in [0.2, 0.25) is 0 Å². The van der Waals surface area contributed by atoms with Crippen LogP contribution < -0.4 is 0 Å². The molecule has 0 amide bonds. The van der Waals surface area contributed by atoms with Gasteiger partial charge in [-0.25, -0.2) is 4.39 Å². The SMILES string of the molecule is CCc1nc2ccc(F)cc2c(C)c1C. The maximum atomic E-state index is 13.1. The molecule has 0 aliphatic rings. The molecule has 2 rings (SSSR count). The fourth-order valence-corrected chi connectivity index (χ4v) is 1.90. The van der Waals surface area contributed by atoms with E-state index in [0.717, 1.165) is 28.6 Å². The van der Waals surface area contributed by atoms with Crippen LogP contribution in [0.1, 0.15) is 23.7 Å². The Labute approximate surface area is 89.0 Å². The fourth-order valence-electron chi connectivity index (χ4n) is 1.90. The van der Waals surface area contributed by atoms with Gasteiger partial charge in [-0.05, 0) is 49.6 Å². The van der Waals surface area contributed by atoms with Crippen molar-refractivity contribution in [3.63, 3.8) is 0 Å². The van der Waals surface area contributed by atoms with Gasteiger partial charge in [-0.2, -0.15) is 0 Å². The number of hydrogen-bond donors (Lipinski definition) is 0. The molecule has 0 saturated heterocycles. The number of pyridine rings is 1. The maximum absolute atomic E-state index is 13.1. The van der Waals surface area contributed by atoms with Crippen LogP contribution in [0.3, 0.4) is 0 Å². The summed E-state index contributed by atoms with van der Waals surface area (Å²) in [7, 11) is 0. The summed E-state index contributed by atoms with van der Waals surface area (Å²) in [6.45, 7) is 6.16. The van der Waals surface area contributed by atoms with Gasteiger partial charge in [-0.1, -0.05) is 6.92 Å². The van der Waals surface area contributed by atoms with Gasteiger partial charge >= 0.3 is 0 Å². The molecule has 2 heteroatoms. The summed E-state index contributed by atoms with van der Waals surface area (Å²) in [6.07, 6.45) is 0.917. The lowest BCUT2D eigenvalue weighted by Crippen LogP contribution is -1.97. The minimum Gasteiger partial charge on any atom is -0.253 e. The first-order valence-corrected chi connectivity index (χ1v) is 5.18. The van der Waals surface area contributed by atoms with Gasteiger partial charge in [0, 0.05) is 11.1 Å². The quantitative estimate of drug-likeness (QED) is 0.690. The molecule has 0 fully saturated rings. The molecule has 0 N–H and O–H groups in total. The molecule has 0 aliphatic carbocycles. The molecular weight excluding hydrogens is 189 g/mol. The molecule has 1 aromatic carbocycles. The van der Waals surface area contributed by atoms with Gasteiger partial charge in [-0.3, -0.25) is 4.98 Å². The van der Waals surface area contributed by atoms with Crippen molar-refractivity contribution in [2.24, 2.45) is 0 Å². The first-order chi connectivity index (χ1) is 7.13. The Morgan fingerprint density at radius 1 is 1.20 bits per heavy atom. The monoisotopic (exact) mass is 203 g/mol. The smallest absolute Gasteiger partial charge is 0.123 e. The number of benzene rings is 1. The zero-order valence-electron chi connectivity index (χ0n) is 9.26. The standard InChI is InChI=1S/C13H14FN/c1-4-12-9(3)8(2)11-7-10(14)5-6-13(11)15-12/h5-7H,4H2,1-3H3. The second-order valence-corrected chi connectivity index (χ2v) is 3.82. The highest BCUT2D eigenvalue weighted by molar-refractivity contribution is 5.83. The summed E-state index contributed by atoms with van der Waals surface area (Å²) < 4.78 is 13.1. The van der Waals surface area contributed by atoms with E-state index in [1.54, 1.807) is 12.1 Å². The Morgan fingerprint density at radius 3 is 2.60 bits per heavy atom. The van der Waals surface area contributed by atoms with Gasteiger partial charge in [0.1, 0.15) is 5.82 Å². The summed E-state index contributed by atoms with van der Waals surface area (Å²) in [4.78, 5) is 4.53. The lowest BCUT2D eigenvalue weighted by atomic mass is 10.0. The van der Waals surface area contributed by atoms with Crippen LogP contribution in [0.5, 0.6) is 0 Å². The third-order valence-electron chi connectivity index (χ3n) is 2.95. The van der Waals surface area contributed by atoms with Gasteiger partial charge in [0.25, 0.3) is 0 Å². The van der Waals surface area contributed by atoms with E-state index < -0.39 is 0 Å². The van der Waals surface area contributed by atoms with Crippen LogP contribution in [0.15, 0.2) is 18.2 Å². The van der Waals surface area contributed by atoms with Crippen LogP contribution in [-0.4, -0.2) is 4.98 Å². The molecule has 1 aromatic heterocycles. The Hall–Kier alpha value is -1.44. The molecule has 78 valence electrons. The molecule has 1 nitrogen and oxygen atoms in total. The van der Waals surface area contributed by atoms with E-state index in [4.69, 9.17) is 0 Å². The van der Waals surface area contributed by atoms with Gasteiger partial charge in [0.15, 0.2) is 0 Å². The topological polar surface area (TPSA) is 12.9 Å². The van der Waals surface area contributed by atoms with Crippen molar-refractivity contribution in [2.45, 2.75) is 27.2 Å². The third kappa shape index (κ3) is 1.60. The lowest BCUT2D eigenvalue weighted by molar-refractivity contribution is 0.629. The second kappa shape index (κ2) is 3.61. The molecule has 0 atom stereocenters. The summed E-state index contributed by atoms with van der Waals surface area (Å²) >= 11 is 0. The summed E-state index contributed by atoms with van der Waals surface area (Å²) in [5.41, 5.74) is 4.30. The average Bonchev–Trinajstić information content (AvgIpc) is 2.24. The highest BCUT2D eigenvalue weighted by Gasteiger charge is 2.07. The molecule has 15 heavy (non-hydrogen) atoms. The summed E-state index contributed by atoms with van der Waals surface area (Å²) in [5, 5.41) is 0.921. The average molecular weight is 203 g/mol. The first-order valence-electron chi connectivity index (χ1n) is 5.18. The number of fused-ring (bicyclic) bond motifs is 1. The fraction of sp³-hybridized carbons (Fsp3) is 0.308. The number of rotatable bonds is 1. The Bertz CT molecular complexity index is 517. The van der Waals surface area contributed by atoms with Crippen molar-refractivity contribution in [3.05, 3.63) is 40.8 Å². The minimum atomic E-state index is -0.198. The zero-order valence-corrected chi connectivity index (χ0v) is 9.26. The van der Waals surface area contributed by atoms with Crippen molar-refractivity contribution in [1.82, 2.24) is 4.98 Å². The number of nitrogens with zero attached hydrogens (tertiary/aromatic N) is 1. The van der Waals surface area contributed by atoms with Crippen LogP contribution in [0, 0.1) is 19.7 Å². The largest absolute Gasteiger partial charge is 0.253 e. The van der Waals surface area contributed by atoms with Gasteiger partial charge < -0.3 is 0 Å². The second-order valence-electron chi connectivity index (χ2n) is 3.82. The van der Waals surface area contributed by atoms with E-state index in [1.807, 2.05) is 13.8 Å². The van der Waals surface area contributed by atoms with E-state index in [9.17, 15) is 4.39 Å². The van der Waals surface area contributed by atoms with E-state index in [1.165, 1.54) is 11.6 Å². The van der Waals surface area contributed by atoms with E-state index >= 15 is 0 Å². The molecule has 0 spiro atoms. The molecule has 0 bridgehead atoms. The zero-order chi connectivity index (χ0) is 11.0. The Balaban J connectivity index is 2.84. The van der Waals surface area contributed by atoms with Crippen LogP contribution in [0.4, 0.5) is 4.39 Å². The number of hydrogen-bond acceptors (Lipinski definition) is 1. The molecule has 0 saturated carbocycles. The third-order valence-corrected chi connectivity index (χ3v) is 2.95. The molecule has 0 aliphatic heterocycles. The van der Waals surface area contributed by atoms with Gasteiger partial charge in [-0.15, -0.1) is 0 Å². The van der Waals surface area contributed by atoms with E-state index in [-0.39, 0.29) is 5.82 Å². The van der Waals surface area contributed by atoms with Gasteiger partial charge in [0.2, 0.25) is 0 Å². The van der Waals surface area contributed by atoms with Crippen molar-refractivity contribution in [1.29, 1.82) is 0 Å². The minimum absolute atomic E-state index is 0.198. The van der Waals surface area contributed by atoms with Gasteiger partial charge in [0.05, 0.1) is 5.52 Å². The molecular formula is C13H14FN. The van der Waals surface area contributed by atoms with Crippen molar-refractivity contribution < 1.29 is 4.39 Å². The molecule has 0 radical (unpaired) electrons. The van der Waals surface area contributed by atoms with Crippen molar-refractivity contribution in [2.75, 3.05) is 0 Å². The number of aromatic nitrogens is 1. The normalized spacial score (nSPS) is 10.9. The predicted molar refractivity (Wildman–Crippen MR) is 60.6 cm³/mol. The molecule has 1 heterocycles. The summed E-state index contributed by atoms with van der Waals surface area (Å²) in [6, 6.07) is 4.77. The van der Waals surface area contributed by atoms with Crippen LogP contribution in [0.25, 0.3) is 10.9 Å². The number of halogens is 1. The van der Waals surface area contributed by atoms with E-state index in [2.05, 4.69) is 11.9 Å². The highest BCUT2D eigenvalue weighted by atomic mass is 19.1. The molecule has 2 aromatic rings. The highest BCUT2D eigenvalue weighted by Crippen LogP contribution is 2.23. The van der Waals surface area contributed by atoms with Crippen molar-refractivity contribution in [3.8, 4) is 0 Å². The predicted octanol–water partition coefficient (Wildman–Crippen LogP) is 3.55. The Kier molecular flexibility index (Phi) is 2.43. The van der Waals surface area contributed by atoms with Crippen LogP contribution >= 0.6 is 0 Å².